The van der Waals surface area contributed by atoms with Crippen molar-refractivity contribution in [2.24, 2.45) is 0 Å². The maximum atomic E-state index is 13.2. The van der Waals surface area contributed by atoms with Gasteiger partial charge >= 0.3 is 18.2 Å². The zero-order valence-corrected chi connectivity index (χ0v) is 14.3. The summed E-state index contributed by atoms with van der Waals surface area (Å²) in [6.07, 6.45) is -5.63. The van der Waals surface area contributed by atoms with Crippen molar-refractivity contribution in [3.05, 3.63) is 23.8 Å². The van der Waals surface area contributed by atoms with Crippen molar-refractivity contribution in [2.45, 2.75) is 39.5 Å². The summed E-state index contributed by atoms with van der Waals surface area (Å²) in [4.78, 5) is 22.9. The van der Waals surface area contributed by atoms with E-state index in [1.54, 1.807) is 27.7 Å². The molecule has 25 heavy (non-hydrogen) atoms. The monoisotopic (exact) mass is 363 g/mol. The van der Waals surface area contributed by atoms with E-state index in [0.717, 1.165) is 6.07 Å². The number of carbonyl (C=O) groups excluding carboxylic acids is 2. The molecular formula is C16H20F3NO5. The summed E-state index contributed by atoms with van der Waals surface area (Å²) in [5, 5.41) is 2.22. The van der Waals surface area contributed by atoms with Crippen molar-refractivity contribution >= 4 is 17.7 Å². The van der Waals surface area contributed by atoms with Crippen molar-refractivity contribution < 1.29 is 37.0 Å². The normalized spacial score (nSPS) is 11.6. The van der Waals surface area contributed by atoms with Gasteiger partial charge in [0.15, 0.2) is 6.61 Å². The minimum Gasteiger partial charge on any atom is -0.481 e. The number of carbonyl (C=O) groups is 2. The van der Waals surface area contributed by atoms with Gasteiger partial charge in [0, 0.05) is 5.69 Å². The van der Waals surface area contributed by atoms with Crippen LogP contribution in [-0.4, -0.2) is 30.9 Å². The highest BCUT2D eigenvalue weighted by molar-refractivity contribution is 5.85. The van der Waals surface area contributed by atoms with Gasteiger partial charge in [0.25, 0.3) is 0 Å². The number of nitrogens with one attached hydrogen (secondary N) is 1. The van der Waals surface area contributed by atoms with Crippen LogP contribution in [0.2, 0.25) is 0 Å². The highest BCUT2D eigenvalue weighted by Gasteiger charge is 2.35. The first-order chi connectivity index (χ1) is 11.4. The molecule has 0 aliphatic rings. The lowest BCUT2D eigenvalue weighted by Crippen LogP contribution is -2.27. The number of alkyl halides is 3. The Morgan fingerprint density at radius 3 is 2.32 bits per heavy atom. The molecule has 1 amide bonds. The zero-order chi connectivity index (χ0) is 19.3. The van der Waals surface area contributed by atoms with Gasteiger partial charge in [-0.15, -0.1) is 0 Å². The summed E-state index contributed by atoms with van der Waals surface area (Å²) in [6.45, 7) is 5.87. The Balaban J connectivity index is 2.95. The van der Waals surface area contributed by atoms with Crippen LogP contribution in [0.1, 0.15) is 33.3 Å². The highest BCUT2D eigenvalue weighted by atomic mass is 19.4. The SMILES string of the molecule is CCOC(=O)COc1ccc(NC(=O)OC(C)(C)C)cc1C(F)(F)F. The molecule has 140 valence electrons. The average Bonchev–Trinajstić information content (AvgIpc) is 2.43. The van der Waals surface area contributed by atoms with Gasteiger partial charge in [-0.1, -0.05) is 0 Å². The topological polar surface area (TPSA) is 73.9 Å². The van der Waals surface area contributed by atoms with Gasteiger partial charge in [-0.3, -0.25) is 5.32 Å². The first kappa shape index (κ1) is 20.6. The van der Waals surface area contributed by atoms with Crippen LogP contribution in [0.15, 0.2) is 18.2 Å². The fraction of sp³-hybridized carbons (Fsp3) is 0.500. The molecule has 0 fully saturated rings. The van der Waals surface area contributed by atoms with Gasteiger partial charge in [-0.2, -0.15) is 13.2 Å². The number of esters is 1. The molecule has 0 atom stereocenters. The predicted molar refractivity (Wildman–Crippen MR) is 83.4 cm³/mol. The molecule has 1 N–H and O–H groups in total. The van der Waals surface area contributed by atoms with E-state index in [4.69, 9.17) is 9.47 Å². The Labute approximate surface area is 143 Å². The van der Waals surface area contributed by atoms with Gasteiger partial charge in [0.2, 0.25) is 0 Å². The van der Waals surface area contributed by atoms with Crippen molar-refractivity contribution in [2.75, 3.05) is 18.5 Å². The number of anilines is 1. The molecule has 0 aliphatic carbocycles. The van der Waals surface area contributed by atoms with Crippen molar-refractivity contribution in [3.8, 4) is 5.75 Å². The van der Waals surface area contributed by atoms with E-state index in [1.165, 1.54) is 6.07 Å². The molecule has 0 aromatic heterocycles. The van der Waals surface area contributed by atoms with E-state index in [0.29, 0.717) is 6.07 Å². The van der Waals surface area contributed by atoms with Crippen molar-refractivity contribution in [1.82, 2.24) is 0 Å². The van der Waals surface area contributed by atoms with E-state index in [1.807, 2.05) is 0 Å². The number of halogens is 3. The number of ether oxygens (including phenoxy) is 3. The lowest BCUT2D eigenvalue weighted by atomic mass is 10.1. The first-order valence-electron chi connectivity index (χ1n) is 7.42. The summed E-state index contributed by atoms with van der Waals surface area (Å²) < 4.78 is 54.0. The summed E-state index contributed by atoms with van der Waals surface area (Å²) in [7, 11) is 0. The largest absolute Gasteiger partial charge is 0.481 e. The van der Waals surface area contributed by atoms with Crippen LogP contribution in [0, 0.1) is 0 Å². The van der Waals surface area contributed by atoms with Crippen LogP contribution in [-0.2, 0) is 20.4 Å². The number of hydrogen-bond donors (Lipinski definition) is 1. The molecule has 1 aromatic rings. The Morgan fingerprint density at radius 1 is 1.16 bits per heavy atom. The quantitative estimate of drug-likeness (QED) is 0.801. The summed E-state index contributed by atoms with van der Waals surface area (Å²) >= 11 is 0. The first-order valence-corrected chi connectivity index (χ1v) is 7.42. The third-order valence-corrected chi connectivity index (χ3v) is 2.58. The minimum atomic E-state index is -4.74. The summed E-state index contributed by atoms with van der Waals surface area (Å²) in [5.74, 6) is -1.33. The molecule has 0 spiro atoms. The van der Waals surface area contributed by atoms with Crippen LogP contribution >= 0.6 is 0 Å². The Morgan fingerprint density at radius 2 is 1.80 bits per heavy atom. The van der Waals surface area contributed by atoms with Crippen LogP contribution in [0.25, 0.3) is 0 Å². The zero-order valence-electron chi connectivity index (χ0n) is 14.3. The molecule has 0 heterocycles. The van der Waals surface area contributed by atoms with Crippen LogP contribution in [0.5, 0.6) is 5.75 Å². The van der Waals surface area contributed by atoms with E-state index in [2.05, 4.69) is 10.1 Å². The lowest BCUT2D eigenvalue weighted by Gasteiger charge is -2.20. The van der Waals surface area contributed by atoms with Gasteiger partial charge in [-0.25, -0.2) is 9.59 Å². The van der Waals surface area contributed by atoms with Crippen LogP contribution in [0.4, 0.5) is 23.7 Å². The van der Waals surface area contributed by atoms with Gasteiger partial charge < -0.3 is 14.2 Å². The molecule has 6 nitrogen and oxygen atoms in total. The van der Waals surface area contributed by atoms with E-state index in [-0.39, 0.29) is 12.3 Å². The Hall–Kier alpha value is -2.45. The molecule has 0 saturated heterocycles. The summed E-state index contributed by atoms with van der Waals surface area (Å²) in [6, 6.07) is 2.92. The van der Waals surface area contributed by atoms with Crippen LogP contribution < -0.4 is 10.1 Å². The van der Waals surface area contributed by atoms with Crippen molar-refractivity contribution in [1.29, 1.82) is 0 Å². The lowest BCUT2D eigenvalue weighted by molar-refractivity contribution is -0.147. The molecule has 0 bridgehead atoms. The molecular weight excluding hydrogens is 343 g/mol. The fourth-order valence-corrected chi connectivity index (χ4v) is 1.72. The third kappa shape index (κ3) is 7.32. The predicted octanol–water partition coefficient (Wildman–Crippen LogP) is 3.99. The molecule has 1 aromatic carbocycles. The van der Waals surface area contributed by atoms with Gasteiger partial charge in [0.1, 0.15) is 11.4 Å². The van der Waals surface area contributed by atoms with E-state index >= 15 is 0 Å². The van der Waals surface area contributed by atoms with E-state index < -0.39 is 41.8 Å². The fourth-order valence-electron chi connectivity index (χ4n) is 1.72. The summed E-state index contributed by atoms with van der Waals surface area (Å²) in [5.41, 5.74) is -2.05. The Kier molecular flexibility index (Phi) is 6.66. The van der Waals surface area contributed by atoms with Gasteiger partial charge in [0.05, 0.1) is 12.2 Å². The Bertz CT molecular complexity index is 623. The number of amides is 1. The molecule has 0 aliphatic heterocycles. The maximum Gasteiger partial charge on any atom is 0.420 e. The second-order valence-electron chi connectivity index (χ2n) is 5.93. The standard InChI is InChI=1S/C16H20F3NO5/c1-5-23-13(21)9-24-12-7-6-10(8-11(12)16(17,18)19)20-14(22)25-15(2,3)4/h6-8H,5,9H2,1-4H3,(H,20,22). The third-order valence-electron chi connectivity index (χ3n) is 2.58. The highest BCUT2D eigenvalue weighted by Crippen LogP contribution is 2.38. The minimum absolute atomic E-state index is 0.0903. The van der Waals surface area contributed by atoms with Crippen LogP contribution in [0.3, 0.4) is 0 Å². The molecule has 0 saturated carbocycles. The second-order valence-corrected chi connectivity index (χ2v) is 5.93. The van der Waals surface area contributed by atoms with Gasteiger partial charge in [-0.05, 0) is 45.9 Å². The van der Waals surface area contributed by atoms with Crippen molar-refractivity contribution in [3.63, 3.8) is 0 Å². The molecule has 1 rings (SSSR count). The second kappa shape index (κ2) is 8.09. The number of rotatable bonds is 5. The van der Waals surface area contributed by atoms with E-state index in [9.17, 15) is 22.8 Å². The molecule has 0 radical (unpaired) electrons. The maximum absolute atomic E-state index is 13.2. The smallest absolute Gasteiger partial charge is 0.420 e. The number of benzene rings is 1. The average molecular weight is 363 g/mol. The molecule has 0 unspecified atom stereocenters. The molecule has 9 heteroatoms. The number of hydrogen-bond acceptors (Lipinski definition) is 5.